The predicted molar refractivity (Wildman–Crippen MR) is 241 cm³/mol. The average molecular weight is 734 g/mol. The molecule has 0 N–H and O–H groups in total. The maximum Gasteiger partial charge on any atom is 0.119 e. The number of hydrogen-bond acceptors (Lipinski definition) is 3. The molecule has 0 amide bonds. The second kappa shape index (κ2) is 14.4. The van der Waals surface area contributed by atoms with Crippen LogP contribution >= 0.6 is 0 Å². The summed E-state index contributed by atoms with van der Waals surface area (Å²) in [5.41, 5.74) is 10.2. The number of para-hydroxylation sites is 2. The molecule has 0 aromatic heterocycles. The standard InChI is InChI=1S/C54H39NO2/c1-56-41-26-16-20-37(32-41)51-44-29-13-14-30-45(44)52(38-21-17-27-42(33-38)57-2)50-35-48-47(34-49(50)51)43-28-12-15-31-46(43)54(53(48)36-18-6-3-7-19-36)55(39-22-8-4-9-23-39)40-24-10-5-11-25-40/h3-35H,1-2H3. The van der Waals surface area contributed by atoms with Crippen LogP contribution in [0.25, 0.3) is 76.5 Å². The van der Waals surface area contributed by atoms with Crippen molar-refractivity contribution in [2.75, 3.05) is 19.1 Å². The summed E-state index contributed by atoms with van der Waals surface area (Å²) < 4.78 is 11.6. The van der Waals surface area contributed by atoms with Crippen LogP contribution in [0, 0.1) is 0 Å². The van der Waals surface area contributed by atoms with E-state index in [0.29, 0.717) is 0 Å². The first kappa shape index (κ1) is 34.2. The van der Waals surface area contributed by atoms with E-state index in [1.807, 2.05) is 12.1 Å². The molecule has 0 aliphatic carbocycles. The minimum absolute atomic E-state index is 0.821. The molecule has 0 saturated heterocycles. The van der Waals surface area contributed by atoms with Crippen LogP contribution in [0.4, 0.5) is 17.1 Å². The van der Waals surface area contributed by atoms with E-state index in [9.17, 15) is 0 Å². The van der Waals surface area contributed by atoms with Crippen molar-refractivity contribution in [2.24, 2.45) is 0 Å². The first-order valence-corrected chi connectivity index (χ1v) is 19.3. The third kappa shape index (κ3) is 5.84. The molecule has 10 aromatic rings. The van der Waals surface area contributed by atoms with Crippen LogP contribution < -0.4 is 14.4 Å². The van der Waals surface area contributed by atoms with Crippen molar-refractivity contribution < 1.29 is 9.47 Å². The lowest BCUT2D eigenvalue weighted by atomic mass is 9.82. The van der Waals surface area contributed by atoms with Crippen LogP contribution in [0.5, 0.6) is 11.5 Å². The van der Waals surface area contributed by atoms with E-state index in [0.717, 1.165) is 50.6 Å². The lowest BCUT2D eigenvalue weighted by Crippen LogP contribution is -2.12. The fraction of sp³-hybridized carbons (Fsp3) is 0.0370. The SMILES string of the molecule is COc1cccc(-c2c3ccccc3c(-c3cccc(OC)c3)c3cc4c(cc23)c(-c2ccccc2)c(N(c2ccccc2)c2ccccc2)c2ccccc24)c1. The third-order valence-corrected chi connectivity index (χ3v) is 11.2. The van der Waals surface area contributed by atoms with Gasteiger partial charge in [-0.25, -0.2) is 0 Å². The van der Waals surface area contributed by atoms with Gasteiger partial charge in [-0.05, 0) is 126 Å². The van der Waals surface area contributed by atoms with Gasteiger partial charge >= 0.3 is 0 Å². The van der Waals surface area contributed by atoms with E-state index >= 15 is 0 Å². The van der Waals surface area contributed by atoms with E-state index in [-0.39, 0.29) is 0 Å². The first-order chi connectivity index (χ1) is 28.2. The van der Waals surface area contributed by atoms with Crippen molar-refractivity contribution >= 4 is 60.2 Å². The van der Waals surface area contributed by atoms with Crippen LogP contribution in [0.2, 0.25) is 0 Å². The maximum absolute atomic E-state index is 5.82. The highest BCUT2D eigenvalue weighted by Crippen LogP contribution is 2.52. The third-order valence-electron chi connectivity index (χ3n) is 11.2. The molecule has 0 atom stereocenters. The summed E-state index contributed by atoms with van der Waals surface area (Å²) in [6, 6.07) is 71.9. The molecule has 57 heavy (non-hydrogen) atoms. The van der Waals surface area contributed by atoms with Gasteiger partial charge in [-0.2, -0.15) is 0 Å². The zero-order chi connectivity index (χ0) is 38.3. The summed E-state index contributed by atoms with van der Waals surface area (Å²) in [6.07, 6.45) is 0. The van der Waals surface area contributed by atoms with E-state index in [1.165, 1.54) is 54.4 Å². The molecule has 0 saturated carbocycles. The highest BCUT2D eigenvalue weighted by Gasteiger charge is 2.26. The van der Waals surface area contributed by atoms with Gasteiger partial charge in [0.1, 0.15) is 11.5 Å². The lowest BCUT2D eigenvalue weighted by Gasteiger charge is -2.31. The number of benzene rings is 10. The lowest BCUT2D eigenvalue weighted by molar-refractivity contribution is 0.415. The van der Waals surface area contributed by atoms with E-state index in [4.69, 9.17) is 9.47 Å². The summed E-state index contributed by atoms with van der Waals surface area (Å²) in [6.45, 7) is 0. The molecular weight excluding hydrogens is 695 g/mol. The molecule has 3 nitrogen and oxygen atoms in total. The summed E-state index contributed by atoms with van der Waals surface area (Å²) in [4.78, 5) is 2.43. The molecule has 0 aliphatic heterocycles. The molecule has 272 valence electrons. The zero-order valence-corrected chi connectivity index (χ0v) is 31.8. The van der Waals surface area contributed by atoms with Crippen molar-refractivity contribution in [3.63, 3.8) is 0 Å². The molecule has 0 unspecified atom stereocenters. The monoisotopic (exact) mass is 733 g/mol. The second-order valence-electron chi connectivity index (χ2n) is 14.3. The minimum Gasteiger partial charge on any atom is -0.497 e. The molecule has 0 aliphatic rings. The summed E-state index contributed by atoms with van der Waals surface area (Å²) in [5.74, 6) is 1.65. The van der Waals surface area contributed by atoms with Crippen LogP contribution in [0.15, 0.2) is 200 Å². The van der Waals surface area contributed by atoms with Gasteiger partial charge in [0.25, 0.3) is 0 Å². The van der Waals surface area contributed by atoms with Crippen LogP contribution in [-0.4, -0.2) is 14.2 Å². The van der Waals surface area contributed by atoms with E-state index in [1.54, 1.807) is 14.2 Å². The van der Waals surface area contributed by atoms with Crippen molar-refractivity contribution in [3.8, 4) is 44.9 Å². The Morgan fingerprint density at radius 1 is 0.298 bits per heavy atom. The molecule has 0 bridgehead atoms. The Hall–Kier alpha value is -7.36. The molecule has 3 heteroatoms. The van der Waals surface area contributed by atoms with Gasteiger partial charge in [-0.15, -0.1) is 0 Å². The molecule has 0 fully saturated rings. The minimum atomic E-state index is 0.821. The fourth-order valence-corrected chi connectivity index (χ4v) is 8.71. The van der Waals surface area contributed by atoms with Gasteiger partial charge in [-0.3, -0.25) is 0 Å². The number of rotatable bonds is 8. The van der Waals surface area contributed by atoms with Crippen LogP contribution in [0.1, 0.15) is 0 Å². The summed E-state index contributed by atoms with van der Waals surface area (Å²) in [5, 5.41) is 9.42. The molecule has 0 spiro atoms. The van der Waals surface area contributed by atoms with Crippen molar-refractivity contribution in [1.29, 1.82) is 0 Å². The zero-order valence-electron chi connectivity index (χ0n) is 31.8. The maximum atomic E-state index is 5.82. The Balaban J connectivity index is 1.46. The Kier molecular flexibility index (Phi) is 8.61. The normalized spacial score (nSPS) is 11.3. The predicted octanol–water partition coefficient (Wildman–Crippen LogP) is 14.8. The summed E-state index contributed by atoms with van der Waals surface area (Å²) in [7, 11) is 3.47. The number of methoxy groups -OCH3 is 2. The molecule has 10 aromatic carbocycles. The van der Waals surface area contributed by atoms with Crippen molar-refractivity contribution in [1.82, 2.24) is 0 Å². The number of hydrogen-bond donors (Lipinski definition) is 0. The largest absolute Gasteiger partial charge is 0.497 e. The molecule has 0 radical (unpaired) electrons. The Morgan fingerprint density at radius 3 is 1.21 bits per heavy atom. The average Bonchev–Trinajstić information content (AvgIpc) is 3.28. The van der Waals surface area contributed by atoms with Gasteiger partial charge in [0, 0.05) is 22.3 Å². The highest BCUT2D eigenvalue weighted by atomic mass is 16.5. The Morgan fingerprint density at radius 2 is 0.702 bits per heavy atom. The molecule has 0 heterocycles. The number of fused-ring (bicyclic) bond motifs is 5. The van der Waals surface area contributed by atoms with E-state index in [2.05, 4.69) is 193 Å². The van der Waals surface area contributed by atoms with Gasteiger partial charge < -0.3 is 14.4 Å². The van der Waals surface area contributed by atoms with E-state index < -0.39 is 0 Å². The number of ether oxygens (including phenoxy) is 2. The van der Waals surface area contributed by atoms with Gasteiger partial charge in [0.2, 0.25) is 0 Å². The van der Waals surface area contributed by atoms with Crippen LogP contribution in [-0.2, 0) is 0 Å². The van der Waals surface area contributed by atoms with Gasteiger partial charge in [-0.1, -0.05) is 140 Å². The Labute approximate surface area is 332 Å². The first-order valence-electron chi connectivity index (χ1n) is 19.3. The number of nitrogens with zero attached hydrogens (tertiary/aromatic N) is 1. The van der Waals surface area contributed by atoms with Crippen molar-refractivity contribution in [3.05, 3.63) is 200 Å². The Bertz CT molecular complexity index is 3050. The van der Waals surface area contributed by atoms with Gasteiger partial charge in [0.05, 0.1) is 19.9 Å². The quantitative estimate of drug-likeness (QED) is 0.115. The molecule has 10 rings (SSSR count). The highest BCUT2D eigenvalue weighted by molar-refractivity contribution is 6.29. The number of anilines is 3. The molecular formula is C54H39NO2. The smallest absolute Gasteiger partial charge is 0.119 e. The van der Waals surface area contributed by atoms with Crippen LogP contribution in [0.3, 0.4) is 0 Å². The topological polar surface area (TPSA) is 21.7 Å². The summed E-state index contributed by atoms with van der Waals surface area (Å²) >= 11 is 0. The fourth-order valence-electron chi connectivity index (χ4n) is 8.71. The van der Waals surface area contributed by atoms with Gasteiger partial charge in [0.15, 0.2) is 0 Å². The second-order valence-corrected chi connectivity index (χ2v) is 14.3. The van der Waals surface area contributed by atoms with Crippen molar-refractivity contribution in [2.45, 2.75) is 0 Å².